The van der Waals surface area contributed by atoms with E-state index in [0.717, 1.165) is 12.2 Å². The second-order valence-electron chi connectivity index (χ2n) is 6.02. The highest BCUT2D eigenvalue weighted by atomic mass is 15.3. The maximum atomic E-state index is 4.69. The molecule has 1 aliphatic rings. The number of piperazine rings is 1. The number of fused-ring (bicyclic) bond motifs is 1. The van der Waals surface area contributed by atoms with Crippen LogP contribution in [-0.4, -0.2) is 51.9 Å². The van der Waals surface area contributed by atoms with Crippen LogP contribution in [0, 0.1) is 0 Å². The van der Waals surface area contributed by atoms with Gasteiger partial charge in [0.15, 0.2) is 0 Å². The standard InChI is InChI=1S/C17H26N4/c1-2-3-5-8-19-10-12-20(13-11-19)14-16-15-21-9-6-4-7-17(21)18-16/h4,6-7,9,15H,2-3,5,8,10-14H2,1H3. The van der Waals surface area contributed by atoms with Gasteiger partial charge in [0.1, 0.15) is 5.65 Å². The zero-order valence-corrected chi connectivity index (χ0v) is 13.0. The molecule has 0 aromatic carbocycles. The van der Waals surface area contributed by atoms with E-state index in [4.69, 9.17) is 4.98 Å². The molecule has 0 bridgehead atoms. The average Bonchev–Trinajstić information content (AvgIpc) is 2.91. The lowest BCUT2D eigenvalue weighted by molar-refractivity contribution is 0.125. The molecule has 0 N–H and O–H groups in total. The number of hydrogen-bond donors (Lipinski definition) is 0. The third-order valence-corrected chi connectivity index (χ3v) is 4.34. The number of rotatable bonds is 6. The summed E-state index contributed by atoms with van der Waals surface area (Å²) in [6.45, 7) is 9.27. The molecule has 3 heterocycles. The minimum Gasteiger partial charge on any atom is -0.307 e. The van der Waals surface area contributed by atoms with Gasteiger partial charge in [0.25, 0.3) is 0 Å². The number of pyridine rings is 1. The molecule has 0 saturated carbocycles. The molecular formula is C17H26N4. The van der Waals surface area contributed by atoms with Crippen molar-refractivity contribution >= 4 is 5.65 Å². The zero-order valence-electron chi connectivity index (χ0n) is 13.0. The van der Waals surface area contributed by atoms with Crippen LogP contribution >= 0.6 is 0 Å². The highest BCUT2D eigenvalue weighted by Gasteiger charge is 2.17. The molecule has 2 aromatic heterocycles. The van der Waals surface area contributed by atoms with Gasteiger partial charge >= 0.3 is 0 Å². The number of hydrogen-bond acceptors (Lipinski definition) is 3. The minimum absolute atomic E-state index is 0.977. The first kappa shape index (κ1) is 14.5. The van der Waals surface area contributed by atoms with Crippen molar-refractivity contribution in [2.75, 3.05) is 32.7 Å². The summed E-state index contributed by atoms with van der Waals surface area (Å²) >= 11 is 0. The summed E-state index contributed by atoms with van der Waals surface area (Å²) in [7, 11) is 0. The Kier molecular flexibility index (Phi) is 4.88. The fourth-order valence-electron chi connectivity index (χ4n) is 3.05. The first-order valence-corrected chi connectivity index (χ1v) is 8.22. The zero-order chi connectivity index (χ0) is 14.5. The number of nitrogens with zero attached hydrogens (tertiary/aromatic N) is 4. The van der Waals surface area contributed by atoms with Crippen molar-refractivity contribution in [2.45, 2.75) is 32.7 Å². The van der Waals surface area contributed by atoms with Crippen molar-refractivity contribution in [3.63, 3.8) is 0 Å². The largest absolute Gasteiger partial charge is 0.307 e. The van der Waals surface area contributed by atoms with Gasteiger partial charge in [-0.15, -0.1) is 0 Å². The van der Waals surface area contributed by atoms with Gasteiger partial charge in [0.2, 0.25) is 0 Å². The van der Waals surface area contributed by atoms with Crippen LogP contribution in [0.1, 0.15) is 31.9 Å². The van der Waals surface area contributed by atoms with E-state index in [1.54, 1.807) is 0 Å². The average molecular weight is 286 g/mol. The Labute approximate surface area is 127 Å². The third kappa shape index (κ3) is 3.83. The summed E-state index contributed by atoms with van der Waals surface area (Å²) in [6.07, 6.45) is 8.25. The molecule has 3 rings (SSSR count). The van der Waals surface area contributed by atoms with Gasteiger partial charge in [-0.25, -0.2) is 4.98 Å². The first-order valence-electron chi connectivity index (χ1n) is 8.22. The highest BCUT2D eigenvalue weighted by Crippen LogP contribution is 2.10. The van der Waals surface area contributed by atoms with Crippen LogP contribution in [0.2, 0.25) is 0 Å². The Morgan fingerprint density at radius 2 is 1.86 bits per heavy atom. The Morgan fingerprint density at radius 1 is 1.05 bits per heavy atom. The summed E-state index contributed by atoms with van der Waals surface area (Å²) in [5.74, 6) is 0. The maximum Gasteiger partial charge on any atom is 0.137 e. The summed E-state index contributed by atoms with van der Waals surface area (Å²) in [5.41, 5.74) is 2.23. The van der Waals surface area contributed by atoms with Crippen LogP contribution in [0.4, 0.5) is 0 Å². The molecule has 0 spiro atoms. The molecule has 0 amide bonds. The monoisotopic (exact) mass is 286 g/mol. The van der Waals surface area contributed by atoms with E-state index in [1.165, 1.54) is 57.7 Å². The predicted molar refractivity (Wildman–Crippen MR) is 86.4 cm³/mol. The minimum atomic E-state index is 0.977. The molecule has 21 heavy (non-hydrogen) atoms. The van der Waals surface area contributed by atoms with E-state index >= 15 is 0 Å². The number of unbranched alkanes of at least 4 members (excludes halogenated alkanes) is 2. The number of aromatic nitrogens is 2. The third-order valence-electron chi connectivity index (χ3n) is 4.34. The second kappa shape index (κ2) is 7.05. The van der Waals surface area contributed by atoms with Gasteiger partial charge in [-0.1, -0.05) is 25.8 Å². The van der Waals surface area contributed by atoms with E-state index in [0.29, 0.717) is 0 Å². The van der Waals surface area contributed by atoms with Crippen molar-refractivity contribution in [2.24, 2.45) is 0 Å². The summed E-state index contributed by atoms with van der Waals surface area (Å²) in [6, 6.07) is 6.16. The van der Waals surface area contributed by atoms with Gasteiger partial charge in [0.05, 0.1) is 5.69 Å². The summed E-state index contributed by atoms with van der Waals surface area (Å²) in [5, 5.41) is 0. The van der Waals surface area contributed by atoms with Crippen molar-refractivity contribution in [3.05, 3.63) is 36.3 Å². The molecule has 1 aliphatic heterocycles. The van der Waals surface area contributed by atoms with Crippen molar-refractivity contribution in [1.29, 1.82) is 0 Å². The summed E-state index contributed by atoms with van der Waals surface area (Å²) in [4.78, 5) is 9.83. The Bertz CT molecular complexity index is 522. The molecule has 4 nitrogen and oxygen atoms in total. The van der Waals surface area contributed by atoms with Crippen LogP contribution < -0.4 is 0 Å². The van der Waals surface area contributed by atoms with Crippen LogP contribution in [0.15, 0.2) is 30.6 Å². The molecular weight excluding hydrogens is 260 g/mol. The molecule has 1 fully saturated rings. The van der Waals surface area contributed by atoms with E-state index in [9.17, 15) is 0 Å². The fraction of sp³-hybridized carbons (Fsp3) is 0.588. The van der Waals surface area contributed by atoms with Gasteiger partial charge in [0, 0.05) is 45.1 Å². The van der Waals surface area contributed by atoms with E-state index < -0.39 is 0 Å². The van der Waals surface area contributed by atoms with Crippen LogP contribution in [0.25, 0.3) is 5.65 Å². The topological polar surface area (TPSA) is 23.8 Å². The van der Waals surface area contributed by atoms with E-state index in [2.05, 4.69) is 39.6 Å². The molecule has 114 valence electrons. The number of imidazole rings is 1. The van der Waals surface area contributed by atoms with E-state index in [-0.39, 0.29) is 0 Å². The lowest BCUT2D eigenvalue weighted by Crippen LogP contribution is -2.46. The lowest BCUT2D eigenvalue weighted by Gasteiger charge is -2.34. The van der Waals surface area contributed by atoms with Crippen molar-refractivity contribution < 1.29 is 0 Å². The second-order valence-corrected chi connectivity index (χ2v) is 6.02. The molecule has 0 atom stereocenters. The van der Waals surface area contributed by atoms with Gasteiger partial charge < -0.3 is 9.30 Å². The molecule has 4 heteroatoms. The van der Waals surface area contributed by atoms with Crippen LogP contribution in [-0.2, 0) is 6.54 Å². The highest BCUT2D eigenvalue weighted by molar-refractivity contribution is 5.39. The van der Waals surface area contributed by atoms with Gasteiger partial charge in [-0.3, -0.25) is 4.90 Å². The summed E-state index contributed by atoms with van der Waals surface area (Å²) < 4.78 is 2.11. The normalized spacial score (nSPS) is 17.6. The van der Waals surface area contributed by atoms with Crippen molar-refractivity contribution in [1.82, 2.24) is 19.2 Å². The van der Waals surface area contributed by atoms with Gasteiger partial charge in [-0.05, 0) is 25.1 Å². The predicted octanol–water partition coefficient (Wildman–Crippen LogP) is 2.64. The molecule has 2 aromatic rings. The Hall–Kier alpha value is -1.39. The smallest absolute Gasteiger partial charge is 0.137 e. The molecule has 1 saturated heterocycles. The SMILES string of the molecule is CCCCCN1CCN(Cc2cn3ccccc3n2)CC1. The molecule has 0 aliphatic carbocycles. The van der Waals surface area contributed by atoms with Crippen LogP contribution in [0.5, 0.6) is 0 Å². The molecule has 0 unspecified atom stereocenters. The Morgan fingerprint density at radius 3 is 2.62 bits per heavy atom. The Balaban J connectivity index is 1.48. The van der Waals surface area contributed by atoms with Crippen molar-refractivity contribution in [3.8, 4) is 0 Å². The maximum absolute atomic E-state index is 4.69. The quantitative estimate of drug-likeness (QED) is 0.763. The van der Waals surface area contributed by atoms with E-state index in [1.807, 2.05) is 12.1 Å². The molecule has 0 radical (unpaired) electrons. The fourth-order valence-corrected chi connectivity index (χ4v) is 3.05. The first-order chi connectivity index (χ1) is 10.3. The van der Waals surface area contributed by atoms with Gasteiger partial charge in [-0.2, -0.15) is 0 Å². The van der Waals surface area contributed by atoms with Crippen LogP contribution in [0.3, 0.4) is 0 Å². The lowest BCUT2D eigenvalue weighted by atomic mass is 10.2.